The summed E-state index contributed by atoms with van der Waals surface area (Å²) in [7, 11) is 1.59. The van der Waals surface area contributed by atoms with Gasteiger partial charge in [-0.1, -0.05) is 6.92 Å². The van der Waals surface area contributed by atoms with Crippen LogP contribution in [0.4, 0.5) is 5.82 Å². The summed E-state index contributed by atoms with van der Waals surface area (Å²) in [5.41, 5.74) is 1.12. The minimum atomic E-state index is 0.519. The average molecular weight is 264 g/mol. The predicted octanol–water partition coefficient (Wildman–Crippen LogP) is 2.16. The van der Waals surface area contributed by atoms with Crippen LogP contribution in [0, 0.1) is 0 Å². The van der Waals surface area contributed by atoms with Gasteiger partial charge in [-0.05, 0) is 6.42 Å². The van der Waals surface area contributed by atoms with Gasteiger partial charge < -0.3 is 10.1 Å². The molecule has 0 aliphatic rings. The molecular weight excluding hydrogens is 248 g/mol. The van der Waals surface area contributed by atoms with Crippen LogP contribution in [0.25, 0.3) is 0 Å². The van der Waals surface area contributed by atoms with Crippen LogP contribution in [0.5, 0.6) is 5.88 Å². The second-order valence-corrected chi connectivity index (χ2v) is 4.62. The zero-order valence-electron chi connectivity index (χ0n) is 10.5. The molecule has 0 radical (unpaired) electrons. The first-order valence-corrected chi connectivity index (χ1v) is 6.73. The second kappa shape index (κ2) is 6.30. The summed E-state index contributed by atoms with van der Waals surface area (Å²) in [6.07, 6.45) is 5.12. The third-order valence-electron chi connectivity index (χ3n) is 2.43. The number of ether oxygens (including phenoxy) is 1. The molecule has 0 unspecified atom stereocenters. The Morgan fingerprint density at radius 3 is 2.89 bits per heavy atom. The molecule has 96 valence electrons. The van der Waals surface area contributed by atoms with Crippen molar-refractivity contribution in [1.29, 1.82) is 0 Å². The number of rotatable bonds is 6. The first-order chi connectivity index (χ1) is 8.83. The molecule has 5 nitrogen and oxygen atoms in total. The summed E-state index contributed by atoms with van der Waals surface area (Å²) in [4.78, 5) is 12.8. The third-order valence-corrected chi connectivity index (χ3v) is 3.48. The van der Waals surface area contributed by atoms with Crippen molar-refractivity contribution in [3.8, 4) is 5.88 Å². The fourth-order valence-electron chi connectivity index (χ4n) is 1.53. The molecule has 0 aliphatic heterocycles. The van der Waals surface area contributed by atoms with Crippen molar-refractivity contribution in [2.24, 2.45) is 0 Å². The molecule has 2 aromatic heterocycles. The van der Waals surface area contributed by atoms with Crippen molar-refractivity contribution >= 4 is 17.2 Å². The fourth-order valence-corrected chi connectivity index (χ4v) is 2.31. The predicted molar refractivity (Wildman–Crippen MR) is 72.3 cm³/mol. The van der Waals surface area contributed by atoms with Crippen LogP contribution in [0.1, 0.15) is 17.6 Å². The van der Waals surface area contributed by atoms with E-state index in [2.05, 4.69) is 32.6 Å². The SMILES string of the molecule is CCc1nc(CCNc2nccnc2OC)cs1. The Morgan fingerprint density at radius 2 is 2.17 bits per heavy atom. The van der Waals surface area contributed by atoms with E-state index in [0.717, 1.165) is 25.1 Å². The summed E-state index contributed by atoms with van der Waals surface area (Å²) < 4.78 is 5.12. The Bertz CT molecular complexity index is 500. The lowest BCUT2D eigenvalue weighted by Crippen LogP contribution is -2.08. The second-order valence-electron chi connectivity index (χ2n) is 3.68. The molecule has 0 aromatic carbocycles. The number of thiazole rings is 1. The van der Waals surface area contributed by atoms with E-state index in [4.69, 9.17) is 4.74 Å². The lowest BCUT2D eigenvalue weighted by atomic mass is 10.3. The molecule has 0 saturated carbocycles. The lowest BCUT2D eigenvalue weighted by Gasteiger charge is -2.07. The molecule has 0 aliphatic carbocycles. The van der Waals surface area contributed by atoms with Crippen molar-refractivity contribution in [3.63, 3.8) is 0 Å². The Balaban J connectivity index is 1.88. The highest BCUT2D eigenvalue weighted by Gasteiger charge is 2.05. The molecule has 18 heavy (non-hydrogen) atoms. The first kappa shape index (κ1) is 12.8. The molecule has 0 bridgehead atoms. The minimum absolute atomic E-state index is 0.519. The summed E-state index contributed by atoms with van der Waals surface area (Å²) >= 11 is 1.71. The van der Waals surface area contributed by atoms with Gasteiger partial charge in [0, 0.05) is 30.7 Å². The number of hydrogen-bond acceptors (Lipinski definition) is 6. The summed E-state index contributed by atoms with van der Waals surface area (Å²) in [6.45, 7) is 2.88. The van der Waals surface area contributed by atoms with Crippen molar-refractivity contribution in [1.82, 2.24) is 15.0 Å². The van der Waals surface area contributed by atoms with E-state index in [-0.39, 0.29) is 0 Å². The Labute approximate surface area is 110 Å². The third kappa shape index (κ3) is 3.16. The number of nitrogens with zero attached hydrogens (tertiary/aromatic N) is 3. The molecule has 6 heteroatoms. The van der Waals surface area contributed by atoms with Gasteiger partial charge in [0.15, 0.2) is 5.82 Å². The highest BCUT2D eigenvalue weighted by molar-refractivity contribution is 7.09. The molecule has 0 atom stereocenters. The Morgan fingerprint density at radius 1 is 1.33 bits per heavy atom. The molecular formula is C12H16N4OS. The van der Waals surface area contributed by atoms with E-state index in [9.17, 15) is 0 Å². The van der Waals surface area contributed by atoms with Crippen LogP contribution in [0.2, 0.25) is 0 Å². The van der Waals surface area contributed by atoms with E-state index in [1.807, 2.05) is 0 Å². The summed E-state index contributed by atoms with van der Waals surface area (Å²) in [6, 6.07) is 0. The molecule has 0 spiro atoms. The number of hydrogen-bond donors (Lipinski definition) is 1. The molecule has 2 aromatic rings. The monoisotopic (exact) mass is 264 g/mol. The van der Waals surface area contributed by atoms with Crippen LogP contribution in [-0.2, 0) is 12.8 Å². The molecule has 2 heterocycles. The van der Waals surface area contributed by atoms with Crippen molar-refractivity contribution in [2.45, 2.75) is 19.8 Å². The van der Waals surface area contributed by atoms with Gasteiger partial charge in [0.2, 0.25) is 0 Å². The van der Waals surface area contributed by atoms with Gasteiger partial charge in [-0.2, -0.15) is 0 Å². The quantitative estimate of drug-likeness (QED) is 0.866. The van der Waals surface area contributed by atoms with Gasteiger partial charge in [-0.3, -0.25) is 0 Å². The first-order valence-electron chi connectivity index (χ1n) is 5.85. The van der Waals surface area contributed by atoms with Crippen LogP contribution in [0.3, 0.4) is 0 Å². The molecule has 0 saturated heterocycles. The van der Waals surface area contributed by atoms with Crippen LogP contribution in [0.15, 0.2) is 17.8 Å². The number of nitrogens with one attached hydrogen (secondary N) is 1. The zero-order valence-corrected chi connectivity index (χ0v) is 11.3. The average Bonchev–Trinajstić information content (AvgIpc) is 2.87. The van der Waals surface area contributed by atoms with Crippen LogP contribution < -0.4 is 10.1 Å². The number of aryl methyl sites for hydroxylation is 1. The van der Waals surface area contributed by atoms with E-state index >= 15 is 0 Å². The molecule has 1 N–H and O–H groups in total. The van der Waals surface area contributed by atoms with E-state index in [1.54, 1.807) is 30.8 Å². The van der Waals surface area contributed by atoms with Gasteiger partial charge in [0.1, 0.15) is 0 Å². The van der Waals surface area contributed by atoms with Gasteiger partial charge in [0.25, 0.3) is 5.88 Å². The summed E-state index contributed by atoms with van der Waals surface area (Å²) in [5.74, 6) is 1.19. The van der Waals surface area contributed by atoms with Gasteiger partial charge in [0.05, 0.1) is 17.8 Å². The maximum Gasteiger partial charge on any atom is 0.257 e. The number of methoxy groups -OCH3 is 1. The zero-order chi connectivity index (χ0) is 12.8. The fraction of sp³-hybridized carbons (Fsp3) is 0.417. The normalized spacial score (nSPS) is 10.3. The highest BCUT2D eigenvalue weighted by Crippen LogP contribution is 2.16. The van der Waals surface area contributed by atoms with Crippen molar-refractivity contribution in [3.05, 3.63) is 28.5 Å². The van der Waals surface area contributed by atoms with Crippen LogP contribution >= 0.6 is 11.3 Å². The minimum Gasteiger partial charge on any atom is -0.478 e. The van der Waals surface area contributed by atoms with Crippen molar-refractivity contribution in [2.75, 3.05) is 19.0 Å². The van der Waals surface area contributed by atoms with Crippen molar-refractivity contribution < 1.29 is 4.74 Å². The molecule has 2 rings (SSSR count). The van der Waals surface area contributed by atoms with E-state index < -0.39 is 0 Å². The van der Waals surface area contributed by atoms with E-state index in [1.165, 1.54) is 5.01 Å². The summed E-state index contributed by atoms with van der Waals surface area (Å²) in [5, 5.41) is 6.49. The number of anilines is 1. The van der Waals surface area contributed by atoms with Gasteiger partial charge in [-0.15, -0.1) is 11.3 Å². The smallest absolute Gasteiger partial charge is 0.257 e. The van der Waals surface area contributed by atoms with Gasteiger partial charge in [-0.25, -0.2) is 15.0 Å². The molecule has 0 fully saturated rings. The lowest BCUT2D eigenvalue weighted by molar-refractivity contribution is 0.398. The maximum absolute atomic E-state index is 5.12. The topological polar surface area (TPSA) is 59.9 Å². The highest BCUT2D eigenvalue weighted by atomic mass is 32.1. The Kier molecular flexibility index (Phi) is 4.46. The van der Waals surface area contributed by atoms with E-state index in [0.29, 0.717) is 11.7 Å². The Hall–Kier alpha value is -1.69. The maximum atomic E-state index is 5.12. The van der Waals surface area contributed by atoms with Gasteiger partial charge >= 0.3 is 0 Å². The molecule has 0 amide bonds. The standard InChI is InChI=1S/C12H16N4OS/c1-3-10-16-9(8-18-10)4-5-13-11-12(17-2)15-7-6-14-11/h6-8H,3-5H2,1-2H3,(H,13,14). The largest absolute Gasteiger partial charge is 0.478 e. The van der Waals surface area contributed by atoms with Crippen LogP contribution in [-0.4, -0.2) is 28.6 Å². The number of aromatic nitrogens is 3.